The summed E-state index contributed by atoms with van der Waals surface area (Å²) in [7, 11) is 1.72. The lowest BCUT2D eigenvalue weighted by Gasteiger charge is -2.59. The topological polar surface area (TPSA) is 73.6 Å². The van der Waals surface area contributed by atoms with Crippen LogP contribution >= 0.6 is 0 Å². The lowest BCUT2D eigenvalue weighted by Crippen LogP contribution is -2.77. The third-order valence-electron chi connectivity index (χ3n) is 6.00. The van der Waals surface area contributed by atoms with Crippen LogP contribution in [0.15, 0.2) is 0 Å². The molecule has 21 heavy (non-hydrogen) atoms. The fourth-order valence-corrected chi connectivity index (χ4v) is 3.64. The molecule has 4 unspecified atom stereocenters. The summed E-state index contributed by atoms with van der Waals surface area (Å²) in [6.07, 6.45) is 1.68. The summed E-state index contributed by atoms with van der Waals surface area (Å²) < 4.78 is 11.1. The Morgan fingerprint density at radius 3 is 2.33 bits per heavy atom. The predicted molar refractivity (Wildman–Crippen MR) is 81.9 cm³/mol. The van der Waals surface area contributed by atoms with Crippen LogP contribution in [0.3, 0.4) is 0 Å². The van der Waals surface area contributed by atoms with Gasteiger partial charge in [0.2, 0.25) is 5.91 Å². The average Bonchev–Trinajstić information content (AvgIpc) is 2.42. The molecule has 5 heteroatoms. The van der Waals surface area contributed by atoms with E-state index in [4.69, 9.17) is 15.2 Å². The molecule has 2 saturated carbocycles. The molecule has 5 nitrogen and oxygen atoms in total. The second-order valence-corrected chi connectivity index (χ2v) is 7.65. The molecule has 0 spiro atoms. The fraction of sp³-hybridized carbons (Fsp3) is 0.938. The average molecular weight is 298 g/mol. The van der Waals surface area contributed by atoms with Crippen molar-refractivity contribution in [2.24, 2.45) is 16.6 Å². The number of carbonyl (C=O) groups excluding carboxylic acids is 1. The third-order valence-corrected chi connectivity index (χ3v) is 6.00. The molecule has 2 fully saturated rings. The summed E-state index contributed by atoms with van der Waals surface area (Å²) in [5.74, 6) is -0.0592. The van der Waals surface area contributed by atoms with E-state index in [2.05, 4.69) is 19.2 Å². The number of ether oxygens (including phenoxy) is 2. The molecule has 0 bridgehead atoms. The zero-order chi connectivity index (χ0) is 16.1. The van der Waals surface area contributed by atoms with Crippen molar-refractivity contribution < 1.29 is 14.3 Å². The lowest BCUT2D eigenvalue weighted by molar-refractivity contribution is -0.175. The maximum atomic E-state index is 12.7. The zero-order valence-corrected chi connectivity index (χ0v) is 14.2. The van der Waals surface area contributed by atoms with Gasteiger partial charge in [-0.1, -0.05) is 27.7 Å². The number of hydrogen-bond donors (Lipinski definition) is 2. The fourth-order valence-electron chi connectivity index (χ4n) is 3.64. The molecule has 2 aliphatic rings. The van der Waals surface area contributed by atoms with Crippen LogP contribution in [-0.2, 0) is 14.3 Å². The van der Waals surface area contributed by atoms with Gasteiger partial charge >= 0.3 is 0 Å². The van der Waals surface area contributed by atoms with Crippen molar-refractivity contribution in [2.75, 3.05) is 13.7 Å². The molecule has 0 aromatic rings. The van der Waals surface area contributed by atoms with E-state index in [9.17, 15) is 4.79 Å². The Morgan fingerprint density at radius 1 is 1.29 bits per heavy atom. The van der Waals surface area contributed by atoms with Gasteiger partial charge in [-0.05, 0) is 13.3 Å². The molecular formula is C16H30N2O3. The largest absolute Gasteiger partial charge is 0.381 e. The second kappa shape index (κ2) is 5.21. The summed E-state index contributed by atoms with van der Waals surface area (Å²) in [6.45, 7) is 10.9. The molecule has 0 aliphatic heterocycles. The van der Waals surface area contributed by atoms with Crippen LogP contribution in [0.2, 0.25) is 0 Å². The molecule has 3 N–H and O–H groups in total. The number of rotatable bonds is 5. The van der Waals surface area contributed by atoms with Crippen molar-refractivity contribution in [1.82, 2.24) is 5.32 Å². The second-order valence-electron chi connectivity index (χ2n) is 7.65. The van der Waals surface area contributed by atoms with E-state index in [1.807, 2.05) is 20.8 Å². The number of carbonyl (C=O) groups is 1. The third kappa shape index (κ3) is 2.30. The van der Waals surface area contributed by atoms with E-state index in [0.29, 0.717) is 13.0 Å². The van der Waals surface area contributed by atoms with Gasteiger partial charge in [0.25, 0.3) is 0 Å². The molecule has 0 saturated heterocycles. The Bertz CT molecular complexity index is 422. The molecule has 0 heterocycles. The predicted octanol–water partition coefficient (Wildman–Crippen LogP) is 1.45. The highest BCUT2D eigenvalue weighted by Gasteiger charge is 2.63. The maximum absolute atomic E-state index is 12.7. The summed E-state index contributed by atoms with van der Waals surface area (Å²) in [4.78, 5) is 12.7. The Morgan fingerprint density at radius 2 is 1.90 bits per heavy atom. The Kier molecular flexibility index (Phi) is 4.15. The monoisotopic (exact) mass is 298 g/mol. The molecule has 0 radical (unpaired) electrons. The van der Waals surface area contributed by atoms with Gasteiger partial charge < -0.3 is 20.5 Å². The van der Waals surface area contributed by atoms with Crippen molar-refractivity contribution in [2.45, 2.75) is 71.2 Å². The number of nitrogens with one attached hydrogen (secondary N) is 1. The van der Waals surface area contributed by atoms with E-state index < -0.39 is 5.54 Å². The van der Waals surface area contributed by atoms with Gasteiger partial charge in [0.05, 0.1) is 12.2 Å². The highest BCUT2D eigenvalue weighted by atomic mass is 16.5. The first-order valence-electron chi connectivity index (χ1n) is 7.85. The van der Waals surface area contributed by atoms with E-state index >= 15 is 0 Å². The van der Waals surface area contributed by atoms with Crippen molar-refractivity contribution in [1.29, 1.82) is 0 Å². The van der Waals surface area contributed by atoms with Crippen LogP contribution < -0.4 is 11.1 Å². The van der Waals surface area contributed by atoms with Crippen LogP contribution in [0.5, 0.6) is 0 Å². The molecule has 1 amide bonds. The number of hydrogen-bond acceptors (Lipinski definition) is 4. The van der Waals surface area contributed by atoms with Crippen molar-refractivity contribution in [3.05, 3.63) is 0 Å². The van der Waals surface area contributed by atoms with Crippen molar-refractivity contribution >= 4 is 5.91 Å². The van der Waals surface area contributed by atoms with Gasteiger partial charge in [0, 0.05) is 37.0 Å². The smallest absolute Gasteiger partial charge is 0.241 e. The number of amides is 1. The van der Waals surface area contributed by atoms with Gasteiger partial charge in [0.1, 0.15) is 5.54 Å². The highest BCUT2D eigenvalue weighted by molar-refractivity contribution is 5.89. The molecular weight excluding hydrogens is 268 g/mol. The number of nitrogens with two attached hydrogens (primary N) is 1. The first kappa shape index (κ1) is 16.7. The first-order valence-corrected chi connectivity index (χ1v) is 7.85. The molecule has 0 aromatic heterocycles. The van der Waals surface area contributed by atoms with Crippen molar-refractivity contribution in [3.8, 4) is 0 Å². The van der Waals surface area contributed by atoms with Crippen molar-refractivity contribution in [3.63, 3.8) is 0 Å². The minimum absolute atomic E-state index is 0.0476. The van der Waals surface area contributed by atoms with Gasteiger partial charge in [-0.25, -0.2) is 0 Å². The standard InChI is InChI=1S/C16H30N2O3/c1-7-21-12-9-16(17,15(12,4)5)13(19)18-10-8-11(20-6)14(10,2)3/h10-12H,7-9,17H2,1-6H3,(H,18,19). The van der Waals surface area contributed by atoms with Crippen LogP contribution in [-0.4, -0.2) is 43.4 Å². The van der Waals surface area contributed by atoms with Crippen LogP contribution in [0, 0.1) is 10.8 Å². The van der Waals surface area contributed by atoms with Gasteiger partial charge in [0.15, 0.2) is 0 Å². The molecule has 0 aromatic carbocycles. The Balaban J connectivity index is 1.99. The first-order chi connectivity index (χ1) is 9.61. The van der Waals surface area contributed by atoms with Gasteiger partial charge in [-0.3, -0.25) is 4.79 Å². The molecule has 2 rings (SSSR count). The summed E-state index contributed by atoms with van der Waals surface area (Å²) in [6, 6.07) is 0.123. The van der Waals surface area contributed by atoms with E-state index in [-0.39, 0.29) is 35.0 Å². The quantitative estimate of drug-likeness (QED) is 0.805. The van der Waals surface area contributed by atoms with Crippen LogP contribution in [0.1, 0.15) is 47.5 Å². The van der Waals surface area contributed by atoms with Gasteiger partial charge in [-0.2, -0.15) is 0 Å². The minimum Gasteiger partial charge on any atom is -0.381 e. The lowest BCUT2D eigenvalue weighted by atomic mass is 9.54. The zero-order valence-electron chi connectivity index (χ0n) is 14.2. The summed E-state index contributed by atoms with van der Waals surface area (Å²) in [5, 5.41) is 3.13. The molecule has 122 valence electrons. The minimum atomic E-state index is -0.846. The number of methoxy groups -OCH3 is 1. The van der Waals surface area contributed by atoms with E-state index in [1.54, 1.807) is 7.11 Å². The van der Waals surface area contributed by atoms with Gasteiger partial charge in [-0.15, -0.1) is 0 Å². The summed E-state index contributed by atoms with van der Waals surface area (Å²) >= 11 is 0. The Hall–Kier alpha value is -0.650. The molecule has 4 atom stereocenters. The SMILES string of the molecule is CCOC1CC(N)(C(=O)NC2CC(OC)C2(C)C)C1(C)C. The summed E-state index contributed by atoms with van der Waals surface area (Å²) in [5.41, 5.74) is 5.16. The Labute approximate surface area is 127 Å². The van der Waals surface area contributed by atoms with Crippen LogP contribution in [0.4, 0.5) is 0 Å². The maximum Gasteiger partial charge on any atom is 0.241 e. The van der Waals surface area contributed by atoms with E-state index in [1.165, 1.54) is 0 Å². The van der Waals surface area contributed by atoms with Crippen LogP contribution in [0.25, 0.3) is 0 Å². The van der Waals surface area contributed by atoms with E-state index in [0.717, 1.165) is 6.42 Å². The highest BCUT2D eigenvalue weighted by Crippen LogP contribution is 2.50. The molecule has 2 aliphatic carbocycles. The normalized spacial score (nSPS) is 40.0.